The van der Waals surface area contributed by atoms with Gasteiger partial charge in [-0.2, -0.15) is 9.36 Å². The van der Waals surface area contributed by atoms with Gasteiger partial charge in [0.25, 0.3) is 5.19 Å². The van der Waals surface area contributed by atoms with Crippen molar-refractivity contribution in [2.45, 2.75) is 26.4 Å². The zero-order chi connectivity index (χ0) is 12.1. The van der Waals surface area contributed by atoms with Crippen LogP contribution in [0, 0.1) is 0 Å². The molecule has 0 spiro atoms. The molecule has 4 nitrogen and oxygen atoms in total. The average molecular weight is 250 g/mol. The van der Waals surface area contributed by atoms with Gasteiger partial charge < -0.3 is 9.84 Å². The minimum Gasteiger partial charge on any atom is -0.430 e. The fourth-order valence-corrected chi connectivity index (χ4v) is 1.96. The van der Waals surface area contributed by atoms with Crippen LogP contribution in [0.1, 0.15) is 24.7 Å². The molecule has 0 saturated heterocycles. The Labute approximate surface area is 104 Å². The second kappa shape index (κ2) is 5.75. The molecule has 90 valence electrons. The summed E-state index contributed by atoms with van der Waals surface area (Å²) >= 11 is 1.26. The predicted octanol–water partition coefficient (Wildman–Crippen LogP) is 2.78. The topological polar surface area (TPSA) is 55.2 Å². The molecule has 1 aromatic heterocycles. The summed E-state index contributed by atoms with van der Waals surface area (Å²) in [6.45, 7) is 2.13. The van der Waals surface area contributed by atoms with Gasteiger partial charge in [0, 0.05) is 18.0 Å². The van der Waals surface area contributed by atoms with E-state index in [4.69, 9.17) is 9.84 Å². The Morgan fingerprint density at radius 2 is 2.06 bits per heavy atom. The van der Waals surface area contributed by atoms with Crippen LogP contribution in [-0.4, -0.2) is 14.5 Å². The van der Waals surface area contributed by atoms with Crippen LogP contribution >= 0.6 is 11.5 Å². The minimum absolute atomic E-state index is 0.0414. The molecular formula is C12H14N2O2S. The summed E-state index contributed by atoms with van der Waals surface area (Å²) in [5, 5.41) is 9.48. The second-order valence-corrected chi connectivity index (χ2v) is 4.35. The summed E-state index contributed by atoms with van der Waals surface area (Å²) in [6, 6.07) is 7.27. The standard InChI is InChI=1S/C12H14N2O2S/c1-2-3-11-13-12(17-14-11)16-10-6-4-9(8-15)5-7-10/h4-7,15H,2-3,8H2,1H3. The third kappa shape index (κ3) is 3.25. The lowest BCUT2D eigenvalue weighted by Crippen LogP contribution is -1.88. The summed E-state index contributed by atoms with van der Waals surface area (Å²) in [6.07, 6.45) is 1.91. The van der Waals surface area contributed by atoms with Crippen molar-refractivity contribution in [1.29, 1.82) is 0 Å². The molecule has 0 unspecified atom stereocenters. The van der Waals surface area contributed by atoms with Crippen LogP contribution in [0.2, 0.25) is 0 Å². The quantitative estimate of drug-likeness (QED) is 0.886. The highest BCUT2D eigenvalue weighted by Crippen LogP contribution is 2.23. The third-order valence-electron chi connectivity index (χ3n) is 2.23. The highest BCUT2D eigenvalue weighted by molar-refractivity contribution is 7.07. The number of aromatic nitrogens is 2. The molecular weight excluding hydrogens is 236 g/mol. The minimum atomic E-state index is 0.0414. The smallest absolute Gasteiger partial charge is 0.298 e. The van der Waals surface area contributed by atoms with Crippen molar-refractivity contribution in [3.63, 3.8) is 0 Å². The highest BCUT2D eigenvalue weighted by Gasteiger charge is 2.05. The van der Waals surface area contributed by atoms with E-state index in [-0.39, 0.29) is 6.61 Å². The number of hydrogen-bond donors (Lipinski definition) is 1. The SMILES string of the molecule is CCCc1nsc(Oc2ccc(CO)cc2)n1. The molecule has 2 aromatic rings. The van der Waals surface area contributed by atoms with E-state index in [0.717, 1.165) is 24.2 Å². The monoisotopic (exact) mass is 250 g/mol. The van der Waals surface area contributed by atoms with Gasteiger partial charge in [0.2, 0.25) is 0 Å². The van der Waals surface area contributed by atoms with E-state index in [9.17, 15) is 0 Å². The fourth-order valence-electron chi connectivity index (χ4n) is 1.37. The Morgan fingerprint density at radius 1 is 1.29 bits per heavy atom. The molecule has 0 atom stereocenters. The van der Waals surface area contributed by atoms with Crippen molar-refractivity contribution >= 4 is 11.5 Å². The number of aryl methyl sites for hydroxylation is 1. The van der Waals surface area contributed by atoms with Crippen LogP contribution in [0.4, 0.5) is 0 Å². The zero-order valence-electron chi connectivity index (χ0n) is 9.59. The van der Waals surface area contributed by atoms with Crippen molar-refractivity contribution in [2.75, 3.05) is 0 Å². The van der Waals surface area contributed by atoms with Crippen LogP contribution in [0.3, 0.4) is 0 Å². The predicted molar refractivity (Wildman–Crippen MR) is 66.3 cm³/mol. The van der Waals surface area contributed by atoms with E-state index < -0.39 is 0 Å². The van der Waals surface area contributed by atoms with Gasteiger partial charge in [0.05, 0.1) is 6.61 Å². The van der Waals surface area contributed by atoms with E-state index in [1.807, 2.05) is 24.3 Å². The largest absolute Gasteiger partial charge is 0.430 e. The summed E-state index contributed by atoms with van der Waals surface area (Å²) in [5.41, 5.74) is 0.862. The van der Waals surface area contributed by atoms with Crippen molar-refractivity contribution in [1.82, 2.24) is 9.36 Å². The molecule has 0 aliphatic heterocycles. The number of aliphatic hydroxyl groups excluding tert-OH is 1. The van der Waals surface area contributed by atoms with Crippen molar-refractivity contribution in [3.05, 3.63) is 35.7 Å². The first-order valence-corrected chi connectivity index (χ1v) is 6.29. The summed E-state index contributed by atoms with van der Waals surface area (Å²) in [7, 11) is 0. The van der Waals surface area contributed by atoms with Gasteiger partial charge >= 0.3 is 0 Å². The van der Waals surface area contributed by atoms with Crippen LogP contribution in [0.15, 0.2) is 24.3 Å². The summed E-state index contributed by atoms with van der Waals surface area (Å²) in [5.74, 6) is 1.54. The van der Waals surface area contributed by atoms with E-state index in [1.54, 1.807) is 0 Å². The van der Waals surface area contributed by atoms with Gasteiger partial charge in [0.15, 0.2) is 0 Å². The average Bonchev–Trinajstić information content (AvgIpc) is 2.78. The molecule has 2 rings (SSSR count). The molecule has 1 aromatic carbocycles. The molecule has 0 bridgehead atoms. The van der Waals surface area contributed by atoms with Crippen molar-refractivity contribution in [3.8, 4) is 10.9 Å². The van der Waals surface area contributed by atoms with Gasteiger partial charge in [-0.05, 0) is 24.1 Å². The van der Waals surface area contributed by atoms with Crippen LogP contribution in [0.25, 0.3) is 0 Å². The van der Waals surface area contributed by atoms with E-state index in [0.29, 0.717) is 10.9 Å². The number of ether oxygens (including phenoxy) is 1. The lowest BCUT2D eigenvalue weighted by atomic mass is 10.2. The van der Waals surface area contributed by atoms with Gasteiger partial charge in [-0.25, -0.2) is 0 Å². The number of rotatable bonds is 5. The Morgan fingerprint density at radius 3 is 2.71 bits per heavy atom. The number of benzene rings is 1. The number of nitrogens with zero attached hydrogens (tertiary/aromatic N) is 2. The van der Waals surface area contributed by atoms with Crippen molar-refractivity contribution < 1.29 is 9.84 Å². The molecule has 0 radical (unpaired) electrons. The van der Waals surface area contributed by atoms with Crippen LogP contribution < -0.4 is 4.74 Å². The van der Waals surface area contributed by atoms with Crippen LogP contribution in [-0.2, 0) is 13.0 Å². The first kappa shape index (κ1) is 12.0. The maximum absolute atomic E-state index is 8.92. The summed E-state index contributed by atoms with van der Waals surface area (Å²) in [4.78, 5) is 4.27. The Bertz CT molecular complexity index is 468. The van der Waals surface area contributed by atoms with Gasteiger partial charge in [-0.3, -0.25) is 0 Å². The molecule has 0 saturated carbocycles. The Hall–Kier alpha value is -1.46. The van der Waals surface area contributed by atoms with Gasteiger partial charge in [-0.15, -0.1) is 0 Å². The fraction of sp³-hybridized carbons (Fsp3) is 0.333. The maximum Gasteiger partial charge on any atom is 0.298 e. The first-order chi connectivity index (χ1) is 8.31. The van der Waals surface area contributed by atoms with Crippen LogP contribution in [0.5, 0.6) is 10.9 Å². The molecule has 1 heterocycles. The molecule has 0 aliphatic rings. The normalized spacial score (nSPS) is 10.5. The molecule has 5 heteroatoms. The van der Waals surface area contributed by atoms with Crippen molar-refractivity contribution in [2.24, 2.45) is 0 Å². The molecule has 0 amide bonds. The molecule has 0 fully saturated rings. The Kier molecular flexibility index (Phi) is 4.06. The number of aliphatic hydroxyl groups is 1. The molecule has 17 heavy (non-hydrogen) atoms. The summed E-state index contributed by atoms with van der Waals surface area (Å²) < 4.78 is 9.77. The van der Waals surface area contributed by atoms with E-state index in [1.165, 1.54) is 11.5 Å². The highest BCUT2D eigenvalue weighted by atomic mass is 32.1. The van der Waals surface area contributed by atoms with Gasteiger partial charge in [0.1, 0.15) is 11.6 Å². The van der Waals surface area contributed by atoms with Gasteiger partial charge in [-0.1, -0.05) is 19.1 Å². The third-order valence-corrected chi connectivity index (χ3v) is 2.87. The lowest BCUT2D eigenvalue weighted by molar-refractivity contribution is 0.281. The maximum atomic E-state index is 8.92. The Balaban J connectivity index is 2.03. The number of hydrogen-bond acceptors (Lipinski definition) is 5. The first-order valence-electron chi connectivity index (χ1n) is 5.52. The van der Waals surface area contributed by atoms with E-state index in [2.05, 4.69) is 16.3 Å². The zero-order valence-corrected chi connectivity index (χ0v) is 10.4. The molecule has 0 aliphatic carbocycles. The van der Waals surface area contributed by atoms with E-state index >= 15 is 0 Å². The molecule has 1 N–H and O–H groups in total. The lowest BCUT2D eigenvalue weighted by Gasteiger charge is -2.01. The second-order valence-electron chi connectivity index (χ2n) is 3.63.